The Hall–Kier alpha value is -2.82. The van der Waals surface area contributed by atoms with Gasteiger partial charge in [-0.3, -0.25) is 4.79 Å². The number of nitrogens with zero attached hydrogens (tertiary/aromatic N) is 2. The normalized spacial score (nSPS) is 10.7. The number of amides is 1. The van der Waals surface area contributed by atoms with Gasteiger partial charge in [-0.1, -0.05) is 6.07 Å². The van der Waals surface area contributed by atoms with E-state index < -0.39 is 11.7 Å². The number of benzene rings is 1. The summed E-state index contributed by atoms with van der Waals surface area (Å²) >= 11 is 0. The lowest BCUT2D eigenvalue weighted by molar-refractivity contribution is 0.102. The van der Waals surface area contributed by atoms with Crippen molar-refractivity contribution in [2.45, 2.75) is 13.8 Å². The fraction of sp³-hybridized carbons (Fsp3) is 0.118. The Morgan fingerprint density at radius 2 is 1.91 bits per heavy atom. The van der Waals surface area contributed by atoms with Gasteiger partial charge in [-0.15, -0.1) is 0 Å². The highest BCUT2D eigenvalue weighted by Crippen LogP contribution is 2.18. The van der Waals surface area contributed by atoms with Crippen LogP contribution >= 0.6 is 0 Å². The quantitative estimate of drug-likeness (QED) is 0.785. The minimum absolute atomic E-state index is 0.246. The van der Waals surface area contributed by atoms with Gasteiger partial charge in [-0.05, 0) is 55.8 Å². The standard InChI is InChI=1S/C17H14FN3O/c1-10-8-11(2)19-16-14(10)6-7-15(20-16)21-17(22)12-4-3-5-13(18)9-12/h3-9H,1-2H3,(H,19,20,21,22). The number of carbonyl (C=O) groups excluding carboxylic acids is 1. The van der Waals surface area contributed by atoms with Crippen LogP contribution in [0.1, 0.15) is 21.6 Å². The van der Waals surface area contributed by atoms with E-state index >= 15 is 0 Å². The van der Waals surface area contributed by atoms with Gasteiger partial charge < -0.3 is 5.32 Å². The van der Waals surface area contributed by atoms with E-state index in [4.69, 9.17) is 0 Å². The molecule has 0 aliphatic heterocycles. The lowest BCUT2D eigenvalue weighted by Crippen LogP contribution is -2.13. The minimum Gasteiger partial charge on any atom is -0.306 e. The molecule has 0 radical (unpaired) electrons. The fourth-order valence-electron chi connectivity index (χ4n) is 2.32. The third kappa shape index (κ3) is 2.79. The smallest absolute Gasteiger partial charge is 0.256 e. The summed E-state index contributed by atoms with van der Waals surface area (Å²) in [5, 5.41) is 3.60. The second kappa shape index (κ2) is 5.52. The van der Waals surface area contributed by atoms with Crippen LogP contribution in [0.2, 0.25) is 0 Å². The largest absolute Gasteiger partial charge is 0.306 e. The van der Waals surface area contributed by atoms with E-state index in [0.717, 1.165) is 16.6 Å². The number of aromatic nitrogens is 2. The average molecular weight is 295 g/mol. The minimum atomic E-state index is -0.452. The summed E-state index contributed by atoms with van der Waals surface area (Å²) in [5.41, 5.74) is 2.77. The van der Waals surface area contributed by atoms with Crippen molar-refractivity contribution in [1.29, 1.82) is 0 Å². The van der Waals surface area contributed by atoms with Crippen LogP contribution in [0.5, 0.6) is 0 Å². The van der Waals surface area contributed by atoms with Crippen molar-refractivity contribution in [3.8, 4) is 0 Å². The molecule has 3 aromatic rings. The van der Waals surface area contributed by atoms with Crippen LogP contribution in [0.3, 0.4) is 0 Å². The van der Waals surface area contributed by atoms with Crippen LogP contribution in [0.25, 0.3) is 11.0 Å². The third-order valence-corrected chi connectivity index (χ3v) is 3.34. The van der Waals surface area contributed by atoms with Crippen molar-refractivity contribution in [3.63, 3.8) is 0 Å². The highest BCUT2D eigenvalue weighted by atomic mass is 19.1. The summed E-state index contributed by atoms with van der Waals surface area (Å²) in [6.07, 6.45) is 0. The first kappa shape index (κ1) is 14.1. The molecule has 2 heterocycles. The molecule has 1 N–H and O–H groups in total. The molecule has 0 aliphatic carbocycles. The number of hydrogen-bond acceptors (Lipinski definition) is 3. The van der Waals surface area contributed by atoms with E-state index in [1.54, 1.807) is 12.1 Å². The Bertz CT molecular complexity index is 877. The monoisotopic (exact) mass is 295 g/mol. The van der Waals surface area contributed by atoms with Gasteiger partial charge in [0, 0.05) is 16.6 Å². The predicted molar refractivity (Wildman–Crippen MR) is 83.4 cm³/mol. The molecular formula is C17H14FN3O. The molecule has 110 valence electrons. The maximum absolute atomic E-state index is 13.2. The van der Waals surface area contributed by atoms with Crippen LogP contribution in [0, 0.1) is 19.7 Å². The predicted octanol–water partition coefficient (Wildman–Crippen LogP) is 3.64. The van der Waals surface area contributed by atoms with E-state index in [2.05, 4.69) is 15.3 Å². The number of rotatable bonds is 2. The molecule has 0 fully saturated rings. The Morgan fingerprint density at radius 1 is 1.09 bits per heavy atom. The van der Waals surface area contributed by atoms with Gasteiger partial charge in [0.2, 0.25) is 0 Å². The molecule has 0 saturated carbocycles. The van der Waals surface area contributed by atoms with Crippen LogP contribution in [0.15, 0.2) is 42.5 Å². The number of anilines is 1. The second-order valence-corrected chi connectivity index (χ2v) is 5.11. The zero-order valence-electron chi connectivity index (χ0n) is 12.2. The first-order valence-corrected chi connectivity index (χ1v) is 6.85. The molecule has 1 aromatic carbocycles. The van der Waals surface area contributed by atoms with Crippen molar-refractivity contribution < 1.29 is 9.18 Å². The maximum atomic E-state index is 13.2. The Morgan fingerprint density at radius 3 is 2.68 bits per heavy atom. The van der Waals surface area contributed by atoms with Gasteiger partial charge in [-0.2, -0.15) is 0 Å². The molecule has 3 rings (SSSR count). The molecule has 0 unspecified atom stereocenters. The molecule has 0 bridgehead atoms. The molecule has 1 amide bonds. The molecule has 2 aromatic heterocycles. The topological polar surface area (TPSA) is 54.9 Å². The number of aryl methyl sites for hydroxylation is 2. The SMILES string of the molecule is Cc1cc(C)c2ccc(NC(=O)c3cccc(F)c3)nc2n1. The summed E-state index contributed by atoms with van der Waals surface area (Å²) in [7, 11) is 0. The molecule has 4 nitrogen and oxygen atoms in total. The van der Waals surface area contributed by atoms with Crippen LogP contribution in [-0.4, -0.2) is 15.9 Å². The zero-order valence-corrected chi connectivity index (χ0v) is 12.2. The van der Waals surface area contributed by atoms with Crippen molar-refractivity contribution in [2.75, 3.05) is 5.32 Å². The van der Waals surface area contributed by atoms with Crippen molar-refractivity contribution in [2.24, 2.45) is 0 Å². The Kier molecular flexibility index (Phi) is 3.55. The highest BCUT2D eigenvalue weighted by molar-refractivity contribution is 6.04. The van der Waals surface area contributed by atoms with Crippen molar-refractivity contribution >= 4 is 22.8 Å². The van der Waals surface area contributed by atoms with E-state index in [-0.39, 0.29) is 5.56 Å². The zero-order chi connectivity index (χ0) is 15.7. The van der Waals surface area contributed by atoms with Gasteiger partial charge in [0.25, 0.3) is 5.91 Å². The van der Waals surface area contributed by atoms with Crippen molar-refractivity contribution in [1.82, 2.24) is 9.97 Å². The molecule has 0 saturated heterocycles. The van der Waals surface area contributed by atoms with Gasteiger partial charge in [0.05, 0.1) is 0 Å². The van der Waals surface area contributed by atoms with Gasteiger partial charge in [0.1, 0.15) is 11.6 Å². The second-order valence-electron chi connectivity index (χ2n) is 5.11. The first-order chi connectivity index (χ1) is 10.5. The van der Waals surface area contributed by atoms with E-state index in [1.807, 2.05) is 26.0 Å². The van der Waals surface area contributed by atoms with Crippen molar-refractivity contribution in [3.05, 3.63) is 65.1 Å². The lowest BCUT2D eigenvalue weighted by atomic mass is 10.1. The summed E-state index contributed by atoms with van der Waals surface area (Å²) in [5.74, 6) is -0.470. The Balaban J connectivity index is 1.92. The molecule has 5 heteroatoms. The number of halogens is 1. The van der Waals surface area contributed by atoms with Crippen LogP contribution < -0.4 is 5.32 Å². The summed E-state index contributed by atoms with van der Waals surface area (Å²) in [6.45, 7) is 3.88. The number of pyridine rings is 2. The number of fused-ring (bicyclic) bond motifs is 1. The summed E-state index contributed by atoms with van der Waals surface area (Å²) in [6, 6.07) is 11.1. The van der Waals surface area contributed by atoms with Crippen LogP contribution in [0.4, 0.5) is 10.2 Å². The highest BCUT2D eigenvalue weighted by Gasteiger charge is 2.09. The Labute approximate surface area is 127 Å². The maximum Gasteiger partial charge on any atom is 0.256 e. The van der Waals surface area contributed by atoms with Gasteiger partial charge in [0.15, 0.2) is 5.65 Å². The average Bonchev–Trinajstić information content (AvgIpc) is 2.46. The van der Waals surface area contributed by atoms with E-state index in [1.165, 1.54) is 18.2 Å². The third-order valence-electron chi connectivity index (χ3n) is 3.34. The molecule has 0 atom stereocenters. The van der Waals surface area contributed by atoms with Gasteiger partial charge >= 0.3 is 0 Å². The number of carbonyl (C=O) groups is 1. The first-order valence-electron chi connectivity index (χ1n) is 6.85. The summed E-state index contributed by atoms with van der Waals surface area (Å²) in [4.78, 5) is 20.8. The van der Waals surface area contributed by atoms with Gasteiger partial charge in [-0.25, -0.2) is 14.4 Å². The fourth-order valence-corrected chi connectivity index (χ4v) is 2.32. The molecule has 0 spiro atoms. The number of hydrogen-bond donors (Lipinski definition) is 1. The number of nitrogens with one attached hydrogen (secondary N) is 1. The summed E-state index contributed by atoms with van der Waals surface area (Å²) < 4.78 is 13.2. The molecule has 0 aliphatic rings. The van der Waals surface area contributed by atoms with Crippen LogP contribution in [-0.2, 0) is 0 Å². The van der Waals surface area contributed by atoms with E-state index in [9.17, 15) is 9.18 Å². The van der Waals surface area contributed by atoms with E-state index in [0.29, 0.717) is 11.5 Å². The molecule has 22 heavy (non-hydrogen) atoms. The lowest BCUT2D eigenvalue weighted by Gasteiger charge is -2.07. The molecular weight excluding hydrogens is 281 g/mol.